The summed E-state index contributed by atoms with van der Waals surface area (Å²) in [6, 6.07) is 16.6. The standard InChI is InChI=1S/C19H18F2N4O/c1-24(13-17-22-11-12-25(17)19(20)21)18(26)15-9-5-6-10-16(15)23-14-7-3-2-4-8-14/h2-12,19,23H,13H2,1H3. The summed E-state index contributed by atoms with van der Waals surface area (Å²) in [7, 11) is 1.56. The molecule has 0 bridgehead atoms. The highest BCUT2D eigenvalue weighted by Crippen LogP contribution is 2.22. The van der Waals surface area contributed by atoms with Crippen molar-refractivity contribution in [2.24, 2.45) is 0 Å². The molecule has 1 aromatic heterocycles. The highest BCUT2D eigenvalue weighted by Gasteiger charge is 2.19. The van der Waals surface area contributed by atoms with Crippen LogP contribution in [0, 0.1) is 0 Å². The Morgan fingerprint density at radius 2 is 1.85 bits per heavy atom. The molecule has 1 amide bonds. The molecule has 0 radical (unpaired) electrons. The Hall–Kier alpha value is -3.22. The summed E-state index contributed by atoms with van der Waals surface area (Å²) >= 11 is 0. The van der Waals surface area contributed by atoms with Gasteiger partial charge in [0, 0.05) is 25.1 Å². The first-order chi connectivity index (χ1) is 12.6. The number of aromatic nitrogens is 2. The summed E-state index contributed by atoms with van der Waals surface area (Å²) in [5.41, 5.74) is 1.95. The Morgan fingerprint density at radius 3 is 2.58 bits per heavy atom. The first-order valence-electron chi connectivity index (χ1n) is 8.02. The fraction of sp³-hybridized carbons (Fsp3) is 0.158. The smallest absolute Gasteiger partial charge is 0.319 e. The van der Waals surface area contributed by atoms with Crippen LogP contribution in [0.3, 0.4) is 0 Å². The molecule has 26 heavy (non-hydrogen) atoms. The number of rotatable bonds is 6. The van der Waals surface area contributed by atoms with Crippen LogP contribution in [-0.4, -0.2) is 27.4 Å². The maximum absolute atomic E-state index is 13.0. The number of carbonyl (C=O) groups is 1. The molecule has 0 unspecified atom stereocenters. The van der Waals surface area contributed by atoms with Crippen molar-refractivity contribution in [3.05, 3.63) is 78.4 Å². The van der Waals surface area contributed by atoms with Crippen LogP contribution in [0.15, 0.2) is 67.0 Å². The Balaban J connectivity index is 1.80. The van der Waals surface area contributed by atoms with E-state index >= 15 is 0 Å². The minimum absolute atomic E-state index is 0.0180. The predicted octanol–water partition coefficient (Wildman–Crippen LogP) is 4.29. The van der Waals surface area contributed by atoms with Crippen molar-refractivity contribution >= 4 is 17.3 Å². The predicted molar refractivity (Wildman–Crippen MR) is 95.4 cm³/mol. The number of carbonyl (C=O) groups excluding carboxylic acids is 1. The van der Waals surface area contributed by atoms with E-state index < -0.39 is 6.55 Å². The lowest BCUT2D eigenvalue weighted by molar-refractivity contribution is 0.0612. The largest absolute Gasteiger partial charge is 0.355 e. The lowest BCUT2D eigenvalue weighted by atomic mass is 10.1. The third kappa shape index (κ3) is 3.88. The first kappa shape index (κ1) is 17.6. The van der Waals surface area contributed by atoms with Gasteiger partial charge in [-0.25, -0.2) is 4.98 Å². The summed E-state index contributed by atoms with van der Waals surface area (Å²) in [4.78, 5) is 18.1. The Kier molecular flexibility index (Phi) is 5.26. The molecule has 0 saturated heterocycles. The molecule has 1 heterocycles. The fourth-order valence-corrected chi connectivity index (χ4v) is 2.59. The van der Waals surface area contributed by atoms with Crippen molar-refractivity contribution in [1.29, 1.82) is 0 Å². The molecule has 0 saturated carbocycles. The summed E-state index contributed by atoms with van der Waals surface area (Å²) in [5.74, 6) is -0.155. The molecule has 0 atom stereocenters. The van der Waals surface area contributed by atoms with Crippen LogP contribution in [-0.2, 0) is 6.54 Å². The molecule has 0 spiro atoms. The van der Waals surface area contributed by atoms with Crippen LogP contribution in [0.5, 0.6) is 0 Å². The van der Waals surface area contributed by atoms with Gasteiger partial charge in [-0.05, 0) is 24.3 Å². The van der Waals surface area contributed by atoms with Crippen LogP contribution >= 0.6 is 0 Å². The SMILES string of the molecule is CN(Cc1nccn1C(F)F)C(=O)c1ccccc1Nc1ccccc1. The highest BCUT2D eigenvalue weighted by molar-refractivity contribution is 6.00. The monoisotopic (exact) mass is 356 g/mol. The Bertz CT molecular complexity index is 880. The Morgan fingerprint density at radius 1 is 1.15 bits per heavy atom. The van der Waals surface area contributed by atoms with Gasteiger partial charge in [0.1, 0.15) is 5.82 Å². The molecule has 7 heteroatoms. The number of hydrogen-bond donors (Lipinski definition) is 1. The van der Waals surface area contributed by atoms with E-state index in [-0.39, 0.29) is 18.3 Å². The second-order valence-corrected chi connectivity index (χ2v) is 5.73. The first-order valence-corrected chi connectivity index (χ1v) is 8.02. The van der Waals surface area contributed by atoms with E-state index in [0.29, 0.717) is 11.3 Å². The van der Waals surface area contributed by atoms with Crippen molar-refractivity contribution in [2.45, 2.75) is 13.1 Å². The van der Waals surface area contributed by atoms with E-state index in [1.807, 2.05) is 36.4 Å². The van der Waals surface area contributed by atoms with Crippen molar-refractivity contribution in [2.75, 3.05) is 12.4 Å². The van der Waals surface area contributed by atoms with E-state index in [9.17, 15) is 13.6 Å². The van der Waals surface area contributed by atoms with Gasteiger partial charge in [-0.3, -0.25) is 9.36 Å². The molecule has 3 aromatic rings. The normalized spacial score (nSPS) is 10.8. The summed E-state index contributed by atoms with van der Waals surface area (Å²) in [6.45, 7) is -2.71. The zero-order valence-electron chi connectivity index (χ0n) is 14.1. The van der Waals surface area contributed by atoms with Crippen molar-refractivity contribution in [3.63, 3.8) is 0 Å². The lowest BCUT2D eigenvalue weighted by Gasteiger charge is -2.20. The van der Waals surface area contributed by atoms with E-state index in [1.165, 1.54) is 17.3 Å². The number of nitrogens with zero attached hydrogens (tertiary/aromatic N) is 3. The van der Waals surface area contributed by atoms with Crippen molar-refractivity contribution < 1.29 is 13.6 Å². The van der Waals surface area contributed by atoms with Crippen LogP contribution in [0.2, 0.25) is 0 Å². The zero-order valence-corrected chi connectivity index (χ0v) is 14.1. The number of para-hydroxylation sites is 2. The number of hydrogen-bond acceptors (Lipinski definition) is 3. The van der Waals surface area contributed by atoms with Gasteiger partial charge in [-0.2, -0.15) is 8.78 Å². The van der Waals surface area contributed by atoms with Crippen LogP contribution in [0.25, 0.3) is 0 Å². The number of imidazole rings is 1. The molecule has 0 aliphatic rings. The van der Waals surface area contributed by atoms with Gasteiger partial charge in [-0.15, -0.1) is 0 Å². The molecule has 0 aliphatic heterocycles. The summed E-state index contributed by atoms with van der Waals surface area (Å²) in [5, 5.41) is 3.21. The van der Waals surface area contributed by atoms with Gasteiger partial charge in [0.15, 0.2) is 0 Å². The fourth-order valence-electron chi connectivity index (χ4n) is 2.59. The maximum atomic E-state index is 13.0. The van der Waals surface area contributed by atoms with Gasteiger partial charge in [0.2, 0.25) is 0 Å². The average Bonchev–Trinajstić information content (AvgIpc) is 3.11. The molecular formula is C19H18F2N4O. The molecule has 3 rings (SSSR count). The average molecular weight is 356 g/mol. The minimum Gasteiger partial charge on any atom is -0.355 e. The summed E-state index contributed by atoms with van der Waals surface area (Å²) in [6.07, 6.45) is 2.49. The molecule has 5 nitrogen and oxygen atoms in total. The van der Waals surface area contributed by atoms with Gasteiger partial charge >= 0.3 is 6.55 Å². The van der Waals surface area contributed by atoms with E-state index in [4.69, 9.17) is 0 Å². The third-order valence-electron chi connectivity index (χ3n) is 3.89. The lowest BCUT2D eigenvalue weighted by Crippen LogP contribution is -2.28. The topological polar surface area (TPSA) is 50.2 Å². The van der Waals surface area contributed by atoms with E-state index in [2.05, 4.69) is 10.3 Å². The Labute approximate surface area is 149 Å². The highest BCUT2D eigenvalue weighted by atomic mass is 19.3. The van der Waals surface area contributed by atoms with Crippen LogP contribution in [0.4, 0.5) is 20.2 Å². The number of benzene rings is 2. The molecule has 134 valence electrons. The number of halogens is 2. The van der Waals surface area contributed by atoms with Crippen LogP contribution < -0.4 is 5.32 Å². The van der Waals surface area contributed by atoms with Crippen molar-refractivity contribution in [3.8, 4) is 0 Å². The number of alkyl halides is 2. The quantitative estimate of drug-likeness (QED) is 0.717. The number of anilines is 2. The van der Waals surface area contributed by atoms with Gasteiger partial charge in [-0.1, -0.05) is 30.3 Å². The number of amides is 1. The molecule has 0 aliphatic carbocycles. The summed E-state index contributed by atoms with van der Waals surface area (Å²) < 4.78 is 26.7. The van der Waals surface area contributed by atoms with E-state index in [0.717, 1.165) is 10.3 Å². The molecule has 2 aromatic carbocycles. The second-order valence-electron chi connectivity index (χ2n) is 5.73. The van der Waals surface area contributed by atoms with Gasteiger partial charge in [0.25, 0.3) is 5.91 Å². The second kappa shape index (κ2) is 7.77. The van der Waals surface area contributed by atoms with Gasteiger partial charge < -0.3 is 10.2 Å². The van der Waals surface area contributed by atoms with Gasteiger partial charge in [0.05, 0.1) is 17.8 Å². The van der Waals surface area contributed by atoms with Crippen molar-refractivity contribution in [1.82, 2.24) is 14.5 Å². The maximum Gasteiger partial charge on any atom is 0.319 e. The third-order valence-corrected chi connectivity index (χ3v) is 3.89. The zero-order chi connectivity index (χ0) is 18.5. The molecular weight excluding hydrogens is 338 g/mol. The van der Waals surface area contributed by atoms with Crippen LogP contribution in [0.1, 0.15) is 22.7 Å². The number of nitrogens with one attached hydrogen (secondary N) is 1. The molecule has 1 N–H and O–H groups in total. The minimum atomic E-state index is -2.69. The molecule has 0 fully saturated rings. The van der Waals surface area contributed by atoms with E-state index in [1.54, 1.807) is 25.2 Å².